The van der Waals surface area contributed by atoms with Crippen LogP contribution < -0.4 is 4.90 Å². The lowest BCUT2D eigenvalue weighted by Gasteiger charge is -2.31. The Hall–Kier alpha value is -2.70. The first-order valence-electron chi connectivity index (χ1n) is 7.16. The normalized spacial score (nSPS) is 15.2. The van der Waals surface area contributed by atoms with Gasteiger partial charge in [-0.25, -0.2) is 0 Å². The molecular weight excluding hydrogens is 284 g/mol. The smallest absolute Gasteiger partial charge is 0.307 e. The Morgan fingerprint density at radius 3 is 2.91 bits per heavy atom. The molecule has 0 spiro atoms. The lowest BCUT2D eigenvalue weighted by molar-refractivity contribution is -0.385. The maximum Gasteiger partial charge on any atom is 0.307 e. The summed E-state index contributed by atoms with van der Waals surface area (Å²) < 4.78 is 1.34. The van der Waals surface area contributed by atoms with Crippen molar-refractivity contribution >= 4 is 17.3 Å². The topological polar surface area (TPSA) is 81.3 Å². The first kappa shape index (κ1) is 14.2. The number of hydrogen-bond donors (Lipinski definition) is 0. The third kappa shape index (κ3) is 2.45. The quantitative estimate of drug-likeness (QED) is 0.643. The molecule has 1 amide bonds. The molecule has 1 aliphatic rings. The summed E-state index contributed by atoms with van der Waals surface area (Å²) in [6, 6.07) is 7.25. The lowest BCUT2D eigenvalue weighted by atomic mass is 10.0. The SMILES string of the molecule is C[C@H](C(=O)N1CCCc2ccccc21)n1cc([N+](=O)[O-])cn1. The number of carbonyl (C=O) groups excluding carboxylic acids is 1. The van der Waals surface area contributed by atoms with E-state index < -0.39 is 11.0 Å². The Balaban J connectivity index is 1.86. The van der Waals surface area contributed by atoms with Crippen LogP contribution >= 0.6 is 0 Å². The molecule has 1 aromatic heterocycles. The van der Waals surface area contributed by atoms with E-state index in [4.69, 9.17) is 0 Å². The number of aryl methyl sites for hydroxylation is 1. The second kappa shape index (κ2) is 5.59. The molecular formula is C15H16N4O3. The van der Waals surface area contributed by atoms with E-state index in [2.05, 4.69) is 5.10 Å². The standard InChI is InChI=1S/C15H16N4O3/c1-11(18-10-13(9-16-18)19(21)22)15(20)17-8-4-6-12-5-2-3-7-14(12)17/h2-3,5,7,9-11H,4,6,8H2,1H3/t11-/m1/s1. The van der Waals surface area contributed by atoms with Crippen molar-refractivity contribution in [1.29, 1.82) is 0 Å². The van der Waals surface area contributed by atoms with Gasteiger partial charge >= 0.3 is 5.69 Å². The molecule has 2 heterocycles. The van der Waals surface area contributed by atoms with Gasteiger partial charge in [0.15, 0.2) is 0 Å². The van der Waals surface area contributed by atoms with Gasteiger partial charge in [-0.1, -0.05) is 18.2 Å². The van der Waals surface area contributed by atoms with Gasteiger partial charge < -0.3 is 4.90 Å². The number of para-hydroxylation sites is 1. The Bertz CT molecular complexity index is 725. The van der Waals surface area contributed by atoms with E-state index in [1.54, 1.807) is 11.8 Å². The Morgan fingerprint density at radius 2 is 2.18 bits per heavy atom. The van der Waals surface area contributed by atoms with Crippen LogP contribution in [0.15, 0.2) is 36.7 Å². The molecule has 1 aliphatic heterocycles. The molecule has 0 fully saturated rings. The second-order valence-electron chi connectivity index (χ2n) is 5.33. The molecule has 0 saturated carbocycles. The van der Waals surface area contributed by atoms with Gasteiger partial charge in [-0.15, -0.1) is 0 Å². The molecule has 2 aromatic rings. The number of carbonyl (C=O) groups is 1. The summed E-state index contributed by atoms with van der Waals surface area (Å²) in [4.78, 5) is 24.7. The summed E-state index contributed by atoms with van der Waals surface area (Å²) in [5, 5.41) is 14.7. The predicted octanol–water partition coefficient (Wildman–Crippen LogP) is 2.33. The highest BCUT2D eigenvalue weighted by molar-refractivity contribution is 5.97. The highest BCUT2D eigenvalue weighted by Crippen LogP contribution is 2.28. The van der Waals surface area contributed by atoms with E-state index in [1.165, 1.54) is 10.9 Å². The third-order valence-corrected chi connectivity index (χ3v) is 3.93. The maximum absolute atomic E-state index is 12.7. The molecule has 3 rings (SSSR count). The van der Waals surface area contributed by atoms with Crippen LogP contribution in [0.25, 0.3) is 0 Å². The van der Waals surface area contributed by atoms with Crippen molar-refractivity contribution in [2.45, 2.75) is 25.8 Å². The third-order valence-electron chi connectivity index (χ3n) is 3.93. The summed E-state index contributed by atoms with van der Waals surface area (Å²) in [5.41, 5.74) is 1.96. The van der Waals surface area contributed by atoms with E-state index in [1.807, 2.05) is 24.3 Å². The summed E-state index contributed by atoms with van der Waals surface area (Å²) in [6.45, 7) is 2.36. The largest absolute Gasteiger partial charge is 0.310 e. The molecule has 0 aliphatic carbocycles. The second-order valence-corrected chi connectivity index (χ2v) is 5.33. The minimum absolute atomic E-state index is 0.106. The highest BCUT2D eigenvalue weighted by Gasteiger charge is 2.28. The molecule has 22 heavy (non-hydrogen) atoms. The minimum atomic E-state index is -0.583. The molecule has 0 radical (unpaired) electrons. The average Bonchev–Trinajstić information content (AvgIpc) is 3.03. The highest BCUT2D eigenvalue weighted by atomic mass is 16.6. The number of hydrogen-bond acceptors (Lipinski definition) is 4. The van der Waals surface area contributed by atoms with Crippen LogP contribution in [-0.2, 0) is 11.2 Å². The van der Waals surface area contributed by atoms with E-state index in [9.17, 15) is 14.9 Å². The van der Waals surface area contributed by atoms with Crippen LogP contribution in [0.2, 0.25) is 0 Å². The Labute approximate surface area is 127 Å². The molecule has 7 nitrogen and oxygen atoms in total. The lowest BCUT2D eigenvalue weighted by Crippen LogP contribution is -2.39. The van der Waals surface area contributed by atoms with Crippen molar-refractivity contribution in [1.82, 2.24) is 9.78 Å². The fraction of sp³-hybridized carbons (Fsp3) is 0.333. The van der Waals surface area contributed by atoms with Gasteiger partial charge in [0.2, 0.25) is 0 Å². The van der Waals surface area contributed by atoms with Gasteiger partial charge in [0.05, 0.1) is 4.92 Å². The van der Waals surface area contributed by atoms with Crippen LogP contribution in [0.5, 0.6) is 0 Å². The van der Waals surface area contributed by atoms with Gasteiger partial charge in [-0.05, 0) is 31.4 Å². The van der Waals surface area contributed by atoms with Crippen LogP contribution in [0.3, 0.4) is 0 Å². The van der Waals surface area contributed by atoms with Gasteiger partial charge in [0.1, 0.15) is 18.4 Å². The van der Waals surface area contributed by atoms with E-state index in [0.29, 0.717) is 6.54 Å². The van der Waals surface area contributed by atoms with Crippen molar-refractivity contribution in [3.63, 3.8) is 0 Å². The van der Waals surface area contributed by atoms with Crippen LogP contribution in [0, 0.1) is 10.1 Å². The van der Waals surface area contributed by atoms with Crippen molar-refractivity contribution in [3.8, 4) is 0 Å². The number of nitro groups is 1. The van der Waals surface area contributed by atoms with Gasteiger partial charge in [-0.3, -0.25) is 19.6 Å². The maximum atomic E-state index is 12.7. The minimum Gasteiger partial charge on any atom is -0.310 e. The number of fused-ring (bicyclic) bond motifs is 1. The van der Waals surface area contributed by atoms with E-state index in [-0.39, 0.29) is 11.6 Å². The zero-order valence-electron chi connectivity index (χ0n) is 12.2. The van der Waals surface area contributed by atoms with Crippen molar-refractivity contribution < 1.29 is 9.72 Å². The molecule has 0 saturated heterocycles. The molecule has 7 heteroatoms. The summed E-state index contributed by atoms with van der Waals surface area (Å²) in [6.07, 6.45) is 4.32. The number of nitrogens with zero attached hydrogens (tertiary/aromatic N) is 4. The Morgan fingerprint density at radius 1 is 1.41 bits per heavy atom. The van der Waals surface area contributed by atoms with E-state index >= 15 is 0 Å². The number of benzene rings is 1. The van der Waals surface area contributed by atoms with Gasteiger partial charge in [-0.2, -0.15) is 5.10 Å². The first-order chi connectivity index (χ1) is 10.6. The molecule has 0 unspecified atom stereocenters. The summed E-state index contributed by atoms with van der Waals surface area (Å²) in [7, 11) is 0. The van der Waals surface area contributed by atoms with Gasteiger partial charge in [0, 0.05) is 12.2 Å². The fourth-order valence-corrected chi connectivity index (χ4v) is 2.74. The Kier molecular flexibility index (Phi) is 3.62. The monoisotopic (exact) mass is 300 g/mol. The van der Waals surface area contributed by atoms with E-state index in [0.717, 1.165) is 30.3 Å². The number of aromatic nitrogens is 2. The molecule has 0 bridgehead atoms. The molecule has 1 aromatic carbocycles. The molecule has 114 valence electrons. The molecule has 1 atom stereocenters. The summed E-state index contributed by atoms with van der Waals surface area (Å²) in [5.74, 6) is -0.106. The van der Waals surface area contributed by atoms with Crippen LogP contribution in [0.4, 0.5) is 11.4 Å². The fourth-order valence-electron chi connectivity index (χ4n) is 2.74. The van der Waals surface area contributed by atoms with Crippen molar-refractivity contribution in [2.75, 3.05) is 11.4 Å². The average molecular weight is 300 g/mol. The number of anilines is 1. The van der Waals surface area contributed by atoms with Crippen LogP contribution in [0.1, 0.15) is 24.9 Å². The van der Waals surface area contributed by atoms with Gasteiger partial charge in [0.25, 0.3) is 5.91 Å². The van der Waals surface area contributed by atoms with Crippen molar-refractivity contribution in [2.24, 2.45) is 0 Å². The zero-order chi connectivity index (χ0) is 15.7. The predicted molar refractivity (Wildman–Crippen MR) is 80.7 cm³/mol. The number of rotatable bonds is 3. The molecule has 0 N–H and O–H groups in total. The summed E-state index contributed by atoms with van der Waals surface area (Å²) >= 11 is 0. The van der Waals surface area contributed by atoms with Crippen molar-refractivity contribution in [3.05, 3.63) is 52.3 Å². The number of amides is 1. The van der Waals surface area contributed by atoms with Crippen LogP contribution in [-0.4, -0.2) is 27.2 Å². The zero-order valence-corrected chi connectivity index (χ0v) is 12.2. The first-order valence-corrected chi connectivity index (χ1v) is 7.16.